The summed E-state index contributed by atoms with van der Waals surface area (Å²) in [5.41, 5.74) is 0. The number of unbranched alkanes of at least 4 members (excludes halogenated alkanes) is 2. The fourth-order valence-electron chi connectivity index (χ4n) is 2.06. The van der Waals surface area contributed by atoms with E-state index in [1.807, 2.05) is 0 Å². The molecule has 0 bridgehead atoms. The molecular weight excluding hydrogens is 188 g/mol. The molecule has 1 heterocycles. The molecule has 1 rings (SSSR count). The molecule has 1 saturated heterocycles. The van der Waals surface area contributed by atoms with E-state index in [1.54, 1.807) is 0 Å². The molecule has 0 radical (unpaired) electrons. The van der Waals surface area contributed by atoms with Crippen molar-refractivity contribution in [2.75, 3.05) is 32.8 Å². The summed E-state index contributed by atoms with van der Waals surface area (Å²) < 4.78 is 5.37. The Hall–Kier alpha value is -0.120. The molecule has 1 unspecified atom stereocenters. The fraction of sp³-hybridized carbons (Fsp3) is 1.00. The summed E-state index contributed by atoms with van der Waals surface area (Å²) in [6.07, 6.45) is 5.69. The van der Waals surface area contributed by atoms with Crippen LogP contribution in [-0.4, -0.2) is 43.9 Å². The predicted molar refractivity (Wildman–Crippen MR) is 64.0 cm³/mol. The van der Waals surface area contributed by atoms with Gasteiger partial charge in [0, 0.05) is 13.1 Å². The highest BCUT2D eigenvalue weighted by molar-refractivity contribution is 4.70. The molecule has 1 atom stereocenters. The first kappa shape index (κ1) is 12.9. The summed E-state index contributed by atoms with van der Waals surface area (Å²) in [6, 6.07) is 0. The van der Waals surface area contributed by atoms with E-state index in [4.69, 9.17) is 4.74 Å². The fourth-order valence-corrected chi connectivity index (χ4v) is 2.06. The minimum Gasteiger partial charge on any atom is -0.379 e. The molecule has 3 nitrogen and oxygen atoms in total. The second kappa shape index (κ2) is 8.08. The zero-order valence-corrected chi connectivity index (χ0v) is 10.3. The molecule has 0 aromatic rings. The maximum absolute atomic E-state index is 5.37. The monoisotopic (exact) mass is 214 g/mol. The molecule has 1 aliphatic heterocycles. The second-order valence-corrected chi connectivity index (χ2v) is 4.23. The molecule has 90 valence electrons. The van der Waals surface area contributed by atoms with Crippen molar-refractivity contribution in [2.45, 2.75) is 45.7 Å². The van der Waals surface area contributed by atoms with Crippen LogP contribution in [0.5, 0.6) is 0 Å². The molecule has 0 amide bonds. The first-order valence-corrected chi connectivity index (χ1v) is 6.43. The van der Waals surface area contributed by atoms with E-state index in [0.29, 0.717) is 6.17 Å². The molecule has 0 aliphatic carbocycles. The Bertz CT molecular complexity index is 147. The Balaban J connectivity index is 2.15. The minimum atomic E-state index is 0.561. The second-order valence-electron chi connectivity index (χ2n) is 4.23. The van der Waals surface area contributed by atoms with Crippen molar-refractivity contribution in [3.63, 3.8) is 0 Å². The summed E-state index contributed by atoms with van der Waals surface area (Å²) in [7, 11) is 0. The number of nitrogens with one attached hydrogen (secondary N) is 1. The maximum Gasteiger partial charge on any atom is 0.0596 e. The van der Waals surface area contributed by atoms with Crippen LogP contribution < -0.4 is 5.32 Å². The van der Waals surface area contributed by atoms with Crippen LogP contribution >= 0.6 is 0 Å². The lowest BCUT2D eigenvalue weighted by Crippen LogP contribution is -2.50. The van der Waals surface area contributed by atoms with Crippen molar-refractivity contribution < 1.29 is 4.74 Å². The molecule has 0 aromatic heterocycles. The Morgan fingerprint density at radius 1 is 1.20 bits per heavy atom. The van der Waals surface area contributed by atoms with Gasteiger partial charge < -0.3 is 10.1 Å². The van der Waals surface area contributed by atoms with Gasteiger partial charge in [0.05, 0.1) is 19.4 Å². The molecule has 3 heteroatoms. The maximum atomic E-state index is 5.37. The first-order chi connectivity index (χ1) is 7.38. The van der Waals surface area contributed by atoms with Crippen LogP contribution in [0, 0.1) is 0 Å². The van der Waals surface area contributed by atoms with E-state index in [-0.39, 0.29) is 0 Å². The summed E-state index contributed by atoms with van der Waals surface area (Å²) in [5, 5.41) is 3.64. The Labute approximate surface area is 94.2 Å². The molecule has 15 heavy (non-hydrogen) atoms. The van der Waals surface area contributed by atoms with Gasteiger partial charge in [-0.3, -0.25) is 4.90 Å². The summed E-state index contributed by atoms with van der Waals surface area (Å²) in [5.74, 6) is 0. The van der Waals surface area contributed by atoms with Crippen molar-refractivity contribution in [3.05, 3.63) is 0 Å². The normalized spacial score (nSPS) is 20.4. The van der Waals surface area contributed by atoms with Crippen molar-refractivity contribution in [3.8, 4) is 0 Å². The molecular formula is C12H26N2O. The van der Waals surface area contributed by atoms with E-state index in [0.717, 1.165) is 32.8 Å². The van der Waals surface area contributed by atoms with Gasteiger partial charge in [-0.25, -0.2) is 0 Å². The number of ether oxygens (including phenoxy) is 1. The third-order valence-corrected chi connectivity index (χ3v) is 3.03. The van der Waals surface area contributed by atoms with Gasteiger partial charge in [-0.05, 0) is 19.4 Å². The van der Waals surface area contributed by atoms with Crippen LogP contribution in [0.4, 0.5) is 0 Å². The van der Waals surface area contributed by atoms with Crippen LogP contribution in [0.25, 0.3) is 0 Å². The van der Waals surface area contributed by atoms with Gasteiger partial charge in [0.1, 0.15) is 0 Å². The highest BCUT2D eigenvalue weighted by atomic mass is 16.5. The van der Waals surface area contributed by atoms with Gasteiger partial charge in [-0.2, -0.15) is 0 Å². The van der Waals surface area contributed by atoms with Crippen LogP contribution in [0.15, 0.2) is 0 Å². The van der Waals surface area contributed by atoms with Crippen LogP contribution in [0.3, 0.4) is 0 Å². The molecule has 0 aromatic carbocycles. The lowest BCUT2D eigenvalue weighted by molar-refractivity contribution is 0.00792. The standard InChI is InChI=1S/C12H26N2O/c1-3-5-6-7-13-12(4-2)14-8-10-15-11-9-14/h12-13H,3-11H2,1-2H3. The van der Waals surface area contributed by atoms with Gasteiger partial charge in [-0.15, -0.1) is 0 Å². The van der Waals surface area contributed by atoms with Crippen LogP contribution in [0.1, 0.15) is 39.5 Å². The van der Waals surface area contributed by atoms with E-state index in [1.165, 1.54) is 25.7 Å². The van der Waals surface area contributed by atoms with Crippen molar-refractivity contribution >= 4 is 0 Å². The highest BCUT2D eigenvalue weighted by Crippen LogP contribution is 2.05. The molecule has 0 saturated carbocycles. The van der Waals surface area contributed by atoms with Crippen molar-refractivity contribution in [2.24, 2.45) is 0 Å². The number of hydrogen-bond donors (Lipinski definition) is 1. The van der Waals surface area contributed by atoms with Gasteiger partial charge in [-0.1, -0.05) is 26.7 Å². The molecule has 1 N–H and O–H groups in total. The van der Waals surface area contributed by atoms with E-state index in [2.05, 4.69) is 24.1 Å². The average Bonchev–Trinajstić information content (AvgIpc) is 2.30. The van der Waals surface area contributed by atoms with E-state index >= 15 is 0 Å². The van der Waals surface area contributed by atoms with Crippen molar-refractivity contribution in [1.82, 2.24) is 10.2 Å². The number of rotatable bonds is 7. The van der Waals surface area contributed by atoms with Crippen molar-refractivity contribution in [1.29, 1.82) is 0 Å². The van der Waals surface area contributed by atoms with Crippen LogP contribution in [0.2, 0.25) is 0 Å². The van der Waals surface area contributed by atoms with Gasteiger partial charge in [0.2, 0.25) is 0 Å². The van der Waals surface area contributed by atoms with E-state index < -0.39 is 0 Å². The Morgan fingerprint density at radius 3 is 2.53 bits per heavy atom. The van der Waals surface area contributed by atoms with Gasteiger partial charge in [0.15, 0.2) is 0 Å². The third-order valence-electron chi connectivity index (χ3n) is 3.03. The third kappa shape index (κ3) is 4.96. The summed E-state index contributed by atoms with van der Waals surface area (Å²) >= 11 is 0. The average molecular weight is 214 g/mol. The lowest BCUT2D eigenvalue weighted by Gasteiger charge is -2.34. The zero-order chi connectivity index (χ0) is 10.9. The van der Waals surface area contributed by atoms with Gasteiger partial charge in [0.25, 0.3) is 0 Å². The Kier molecular flexibility index (Phi) is 6.98. The largest absolute Gasteiger partial charge is 0.379 e. The smallest absolute Gasteiger partial charge is 0.0596 e. The number of hydrogen-bond acceptors (Lipinski definition) is 3. The quantitative estimate of drug-likeness (QED) is 0.654. The predicted octanol–water partition coefficient (Wildman–Crippen LogP) is 1.83. The molecule has 1 fully saturated rings. The van der Waals surface area contributed by atoms with E-state index in [9.17, 15) is 0 Å². The lowest BCUT2D eigenvalue weighted by atomic mass is 10.2. The topological polar surface area (TPSA) is 24.5 Å². The number of morpholine rings is 1. The highest BCUT2D eigenvalue weighted by Gasteiger charge is 2.18. The van der Waals surface area contributed by atoms with Gasteiger partial charge >= 0.3 is 0 Å². The summed E-state index contributed by atoms with van der Waals surface area (Å²) in [6.45, 7) is 9.62. The SMILES string of the molecule is CCCCCNC(CC)N1CCOCC1. The Morgan fingerprint density at radius 2 is 1.93 bits per heavy atom. The minimum absolute atomic E-state index is 0.561. The molecule has 1 aliphatic rings. The summed E-state index contributed by atoms with van der Waals surface area (Å²) in [4.78, 5) is 2.51. The first-order valence-electron chi connectivity index (χ1n) is 6.43. The zero-order valence-electron chi connectivity index (χ0n) is 10.3. The van der Waals surface area contributed by atoms with Crippen LogP contribution in [-0.2, 0) is 4.74 Å². The number of nitrogens with zero attached hydrogens (tertiary/aromatic N) is 1. The molecule has 0 spiro atoms.